The second kappa shape index (κ2) is 12.2. The summed E-state index contributed by atoms with van der Waals surface area (Å²) in [5.74, 6) is -2.55. The number of carboxylic acids is 1. The van der Waals surface area contributed by atoms with E-state index in [4.69, 9.17) is 14.2 Å². The number of ether oxygens (including phenoxy) is 3. The minimum absolute atomic E-state index is 0.0136. The van der Waals surface area contributed by atoms with Gasteiger partial charge >= 0.3 is 11.9 Å². The number of rotatable bonds is 8. The second-order valence-electron chi connectivity index (χ2n) is 9.34. The Balaban J connectivity index is 0.00000189. The van der Waals surface area contributed by atoms with Crippen molar-refractivity contribution in [2.45, 2.75) is 52.9 Å². The zero-order valence-electron chi connectivity index (χ0n) is 23.3. The molecular formula is C31H31FN2O7. The molecule has 0 aliphatic carbocycles. The van der Waals surface area contributed by atoms with Crippen molar-refractivity contribution in [1.82, 2.24) is 9.55 Å². The Morgan fingerprint density at radius 3 is 2.41 bits per heavy atom. The number of carbonyl (C=O) groups excluding carboxylic acids is 1. The highest BCUT2D eigenvalue weighted by Gasteiger charge is 2.43. The van der Waals surface area contributed by atoms with E-state index in [9.17, 15) is 23.9 Å². The lowest BCUT2D eigenvalue weighted by Gasteiger charge is -2.34. The molecule has 41 heavy (non-hydrogen) atoms. The molecule has 0 radical (unpaired) electrons. The van der Waals surface area contributed by atoms with Crippen LogP contribution in [0.4, 0.5) is 4.39 Å². The van der Waals surface area contributed by atoms with E-state index in [-0.39, 0.29) is 54.3 Å². The molecule has 0 amide bonds. The van der Waals surface area contributed by atoms with E-state index in [0.717, 1.165) is 11.1 Å². The van der Waals surface area contributed by atoms with Crippen molar-refractivity contribution in [2.24, 2.45) is 0 Å². The highest BCUT2D eigenvalue weighted by atomic mass is 19.1. The van der Waals surface area contributed by atoms with E-state index in [1.165, 1.54) is 29.8 Å². The van der Waals surface area contributed by atoms with Gasteiger partial charge in [-0.2, -0.15) is 0 Å². The zero-order valence-corrected chi connectivity index (χ0v) is 23.3. The first-order valence-corrected chi connectivity index (χ1v) is 13.3. The van der Waals surface area contributed by atoms with E-state index in [2.05, 4.69) is 4.98 Å². The number of pyridine rings is 2. The molecule has 1 aliphatic rings. The predicted octanol–water partition coefficient (Wildman–Crippen LogP) is 5.14. The summed E-state index contributed by atoms with van der Waals surface area (Å²) in [4.78, 5) is 43.7. The minimum Gasteiger partial charge on any atom is -0.485 e. The molecule has 1 N–H and O–H groups in total. The van der Waals surface area contributed by atoms with E-state index in [1.807, 2.05) is 44.2 Å². The van der Waals surface area contributed by atoms with Crippen LogP contribution in [0.15, 0.2) is 65.6 Å². The van der Waals surface area contributed by atoms with Gasteiger partial charge in [0, 0.05) is 18.2 Å². The number of halogens is 1. The van der Waals surface area contributed by atoms with Gasteiger partial charge in [-0.3, -0.25) is 14.3 Å². The van der Waals surface area contributed by atoms with Crippen LogP contribution in [0.3, 0.4) is 0 Å². The summed E-state index contributed by atoms with van der Waals surface area (Å²) in [6, 6.07) is 15.0. The monoisotopic (exact) mass is 562 g/mol. The smallest absolute Gasteiger partial charge is 0.349 e. The van der Waals surface area contributed by atoms with Crippen molar-refractivity contribution in [2.75, 3.05) is 6.61 Å². The number of benzene rings is 2. The van der Waals surface area contributed by atoms with E-state index < -0.39 is 28.9 Å². The van der Waals surface area contributed by atoms with Crippen molar-refractivity contribution in [3.8, 4) is 11.5 Å². The first-order chi connectivity index (χ1) is 19.7. The molecule has 1 atom stereocenters. The van der Waals surface area contributed by atoms with Crippen LogP contribution in [0.2, 0.25) is 0 Å². The third-order valence-electron chi connectivity index (χ3n) is 6.50. The number of esters is 1. The molecule has 0 saturated carbocycles. The number of carboxylic acid groups (broad SMARTS) is 1. The molecule has 1 unspecified atom stereocenters. The molecule has 0 spiro atoms. The van der Waals surface area contributed by atoms with Gasteiger partial charge in [0.15, 0.2) is 17.1 Å². The number of hydrogen-bond donors (Lipinski definition) is 1. The lowest BCUT2D eigenvalue weighted by atomic mass is 9.99. The Morgan fingerprint density at radius 1 is 1.10 bits per heavy atom. The summed E-state index contributed by atoms with van der Waals surface area (Å²) in [6.07, 6.45) is 1.70. The third-order valence-corrected chi connectivity index (χ3v) is 6.50. The van der Waals surface area contributed by atoms with Crippen molar-refractivity contribution < 1.29 is 33.3 Å². The molecule has 214 valence electrons. The standard InChI is InChI=1S/C29H25FN2O7.C2H6/c1-3-37-27(34)21-25(38-15-18-7-5-4-6-8-18)22-23-24(39-29(2,28(35)36)16-32(23)26(21)33)19(14-31-22)13-17-9-11-20(30)12-10-17;1-2/h4-12,14H,3,13,15-16H2,1-2H3,(H,35,36);1-2H3. The second-order valence-corrected chi connectivity index (χ2v) is 9.34. The topological polar surface area (TPSA) is 117 Å². The zero-order chi connectivity index (χ0) is 29.7. The fourth-order valence-electron chi connectivity index (χ4n) is 4.53. The molecule has 0 bridgehead atoms. The summed E-state index contributed by atoms with van der Waals surface area (Å²) >= 11 is 0. The van der Waals surface area contributed by atoms with Crippen LogP contribution in [0.25, 0.3) is 11.0 Å². The van der Waals surface area contributed by atoms with Crippen molar-refractivity contribution in [1.29, 1.82) is 0 Å². The summed E-state index contributed by atoms with van der Waals surface area (Å²) in [7, 11) is 0. The van der Waals surface area contributed by atoms with Crippen LogP contribution in [0, 0.1) is 5.82 Å². The summed E-state index contributed by atoms with van der Waals surface area (Å²) in [5.41, 5.74) is -0.625. The normalized spacial score (nSPS) is 15.3. The van der Waals surface area contributed by atoms with Gasteiger partial charge in [0.1, 0.15) is 23.5 Å². The number of carbonyl (C=O) groups is 2. The number of hydrogen-bond acceptors (Lipinski definition) is 7. The van der Waals surface area contributed by atoms with Crippen LogP contribution >= 0.6 is 0 Å². The molecule has 10 heteroatoms. The summed E-state index contributed by atoms with van der Waals surface area (Å²) < 4.78 is 31.9. The molecule has 0 saturated heterocycles. The largest absolute Gasteiger partial charge is 0.485 e. The highest BCUT2D eigenvalue weighted by molar-refractivity contribution is 6.00. The summed E-state index contributed by atoms with van der Waals surface area (Å²) in [6.45, 7) is 6.63. The van der Waals surface area contributed by atoms with Gasteiger partial charge in [-0.1, -0.05) is 56.3 Å². The van der Waals surface area contributed by atoms with Gasteiger partial charge in [0.05, 0.1) is 13.2 Å². The van der Waals surface area contributed by atoms with Gasteiger partial charge in [0.2, 0.25) is 5.60 Å². The van der Waals surface area contributed by atoms with Gasteiger partial charge in [-0.25, -0.2) is 14.0 Å². The lowest BCUT2D eigenvalue weighted by Crippen LogP contribution is -2.50. The molecule has 9 nitrogen and oxygen atoms in total. The van der Waals surface area contributed by atoms with Crippen LogP contribution < -0.4 is 15.0 Å². The van der Waals surface area contributed by atoms with E-state index in [0.29, 0.717) is 5.56 Å². The van der Waals surface area contributed by atoms with Crippen LogP contribution in [0.5, 0.6) is 11.5 Å². The molecule has 4 aromatic rings. The Morgan fingerprint density at radius 2 is 1.78 bits per heavy atom. The number of nitrogens with zero attached hydrogens (tertiary/aromatic N) is 2. The van der Waals surface area contributed by atoms with Crippen molar-refractivity contribution >= 4 is 23.0 Å². The number of aliphatic carboxylic acids is 1. The Kier molecular flexibility index (Phi) is 8.71. The molecule has 2 aromatic carbocycles. The first kappa shape index (κ1) is 29.3. The Hall–Kier alpha value is -4.73. The Bertz CT molecular complexity index is 1640. The highest BCUT2D eigenvalue weighted by Crippen LogP contribution is 2.41. The maximum atomic E-state index is 13.8. The first-order valence-electron chi connectivity index (χ1n) is 13.3. The SMILES string of the molecule is CC.CCOC(=O)c1c(OCc2ccccc2)c2ncc(Cc3ccc(F)cc3)c3c2n(c1=O)CC(C)(C(=O)O)O3. The van der Waals surface area contributed by atoms with Crippen LogP contribution in [0.1, 0.15) is 54.7 Å². The van der Waals surface area contributed by atoms with Gasteiger partial charge in [-0.05, 0) is 37.1 Å². The fourth-order valence-corrected chi connectivity index (χ4v) is 4.53. The van der Waals surface area contributed by atoms with E-state index >= 15 is 0 Å². The third kappa shape index (κ3) is 5.77. The number of aromatic nitrogens is 2. The van der Waals surface area contributed by atoms with Crippen molar-refractivity contribution in [3.05, 3.63) is 99.2 Å². The minimum atomic E-state index is -1.82. The average Bonchev–Trinajstić information content (AvgIpc) is 2.97. The molecule has 5 rings (SSSR count). The van der Waals surface area contributed by atoms with E-state index in [1.54, 1.807) is 19.1 Å². The van der Waals surface area contributed by atoms with Gasteiger partial charge in [0.25, 0.3) is 5.56 Å². The fraction of sp³-hybridized carbons (Fsp3) is 0.290. The Labute approximate surface area is 236 Å². The van der Waals surface area contributed by atoms with Crippen LogP contribution in [-0.4, -0.2) is 38.8 Å². The van der Waals surface area contributed by atoms with Crippen molar-refractivity contribution in [3.63, 3.8) is 0 Å². The molecule has 1 aliphatic heterocycles. The average molecular weight is 563 g/mol. The molecule has 0 fully saturated rings. The molecular weight excluding hydrogens is 531 g/mol. The van der Waals surface area contributed by atoms with Gasteiger partial charge in [-0.15, -0.1) is 0 Å². The maximum absolute atomic E-state index is 13.8. The summed E-state index contributed by atoms with van der Waals surface area (Å²) in [5, 5.41) is 9.99. The quantitative estimate of drug-likeness (QED) is 0.293. The predicted molar refractivity (Wildman–Crippen MR) is 150 cm³/mol. The van der Waals surface area contributed by atoms with Gasteiger partial charge < -0.3 is 19.3 Å². The molecule has 3 heterocycles. The lowest BCUT2D eigenvalue weighted by molar-refractivity contribution is -0.155. The maximum Gasteiger partial charge on any atom is 0.349 e. The molecule has 2 aromatic heterocycles. The van der Waals surface area contributed by atoms with Crippen LogP contribution in [-0.2, 0) is 29.1 Å².